The van der Waals surface area contributed by atoms with Crippen LogP contribution in [0.25, 0.3) is 0 Å². The van der Waals surface area contributed by atoms with Gasteiger partial charge in [-0.2, -0.15) is 0 Å². The van der Waals surface area contributed by atoms with E-state index in [0.717, 1.165) is 11.4 Å². The maximum absolute atomic E-state index is 11.1. The molecule has 2 unspecified atom stereocenters. The molecule has 25 heavy (non-hydrogen) atoms. The summed E-state index contributed by atoms with van der Waals surface area (Å²) in [6.45, 7) is 9.38. The molecule has 1 aromatic rings. The Bertz CT molecular complexity index is 687. The lowest BCUT2D eigenvalue weighted by Crippen LogP contribution is -2.49. The highest BCUT2D eigenvalue weighted by Gasteiger charge is 2.48. The third-order valence-electron chi connectivity index (χ3n) is 4.40. The van der Waals surface area contributed by atoms with Crippen LogP contribution >= 0.6 is 11.8 Å². The number of nitro groups is 1. The predicted octanol–water partition coefficient (Wildman–Crippen LogP) is 3.15. The van der Waals surface area contributed by atoms with Crippen LogP contribution in [0.3, 0.4) is 0 Å². The number of aliphatic imine (C=N–C) groups is 2. The van der Waals surface area contributed by atoms with Gasteiger partial charge >= 0.3 is 0 Å². The molecule has 8 heteroatoms. The second kappa shape index (κ2) is 7.86. The van der Waals surface area contributed by atoms with E-state index in [9.17, 15) is 10.1 Å². The zero-order valence-electron chi connectivity index (χ0n) is 15.0. The summed E-state index contributed by atoms with van der Waals surface area (Å²) in [5, 5.41) is 11.1. The summed E-state index contributed by atoms with van der Waals surface area (Å²) >= 11 is 1.59. The monoisotopic (exact) mass is 363 g/mol. The molecule has 0 amide bonds. The van der Waals surface area contributed by atoms with Crippen molar-refractivity contribution in [3.8, 4) is 0 Å². The first-order valence-electron chi connectivity index (χ1n) is 8.29. The van der Waals surface area contributed by atoms with Gasteiger partial charge in [-0.3, -0.25) is 20.1 Å². The Morgan fingerprint density at radius 2 is 2.28 bits per heavy atom. The summed E-state index contributed by atoms with van der Waals surface area (Å²) in [5.74, 6) is 0.767. The van der Waals surface area contributed by atoms with Gasteiger partial charge in [0.15, 0.2) is 0 Å². The molecular formula is C17H25N5O2S. The maximum Gasteiger partial charge on any atom is 0.270 e. The van der Waals surface area contributed by atoms with Crippen LogP contribution in [0.1, 0.15) is 27.7 Å². The summed E-state index contributed by atoms with van der Waals surface area (Å²) < 4.78 is 0. The van der Waals surface area contributed by atoms with Crippen molar-refractivity contribution in [3.63, 3.8) is 0 Å². The first-order chi connectivity index (χ1) is 11.8. The second-order valence-corrected chi connectivity index (χ2v) is 7.56. The van der Waals surface area contributed by atoms with Crippen LogP contribution in [0.5, 0.6) is 0 Å². The number of thioether (sulfide) groups is 1. The zero-order chi connectivity index (χ0) is 18.6. The van der Waals surface area contributed by atoms with Gasteiger partial charge < -0.3 is 10.6 Å². The van der Waals surface area contributed by atoms with E-state index in [0.29, 0.717) is 12.4 Å². The highest BCUT2D eigenvalue weighted by molar-refractivity contribution is 8.00. The lowest BCUT2D eigenvalue weighted by atomic mass is 9.87. The summed E-state index contributed by atoms with van der Waals surface area (Å²) in [7, 11) is 0. The molecule has 0 aromatic heterocycles. The van der Waals surface area contributed by atoms with Crippen molar-refractivity contribution in [2.24, 2.45) is 21.6 Å². The summed E-state index contributed by atoms with van der Waals surface area (Å²) in [4.78, 5) is 22.9. The number of hydrogen-bond acceptors (Lipinski definition) is 6. The van der Waals surface area contributed by atoms with Crippen LogP contribution in [0.2, 0.25) is 0 Å². The molecule has 1 heterocycles. The number of hydrogen-bond donors (Lipinski definition) is 1. The molecular weight excluding hydrogens is 338 g/mol. The van der Waals surface area contributed by atoms with E-state index in [1.165, 1.54) is 6.07 Å². The number of amidine groups is 1. The van der Waals surface area contributed by atoms with Gasteiger partial charge in [-0.25, -0.2) is 0 Å². The van der Waals surface area contributed by atoms with E-state index in [1.807, 2.05) is 12.4 Å². The van der Waals surface area contributed by atoms with Gasteiger partial charge in [-0.1, -0.05) is 31.7 Å². The molecule has 2 N–H and O–H groups in total. The van der Waals surface area contributed by atoms with Crippen molar-refractivity contribution >= 4 is 29.6 Å². The Kier molecular flexibility index (Phi) is 6.05. The number of nitrogens with zero attached hydrogens (tertiary/aromatic N) is 4. The van der Waals surface area contributed by atoms with Gasteiger partial charge in [-0.05, 0) is 25.8 Å². The molecule has 0 radical (unpaired) electrons. The number of rotatable bonds is 7. The molecule has 0 fully saturated rings. The predicted molar refractivity (Wildman–Crippen MR) is 103 cm³/mol. The van der Waals surface area contributed by atoms with Crippen molar-refractivity contribution < 1.29 is 4.92 Å². The largest absolute Gasteiger partial charge is 0.388 e. The topological polar surface area (TPSA) is 97.1 Å². The van der Waals surface area contributed by atoms with Gasteiger partial charge in [-0.15, -0.1) is 0 Å². The van der Waals surface area contributed by atoms with Crippen LogP contribution in [-0.2, 0) is 0 Å². The Morgan fingerprint density at radius 3 is 2.84 bits per heavy atom. The van der Waals surface area contributed by atoms with Crippen molar-refractivity contribution in [1.29, 1.82) is 0 Å². The van der Waals surface area contributed by atoms with Crippen LogP contribution in [-0.4, -0.2) is 46.0 Å². The number of non-ortho nitro benzene ring substituents is 1. The van der Waals surface area contributed by atoms with Crippen LogP contribution in [0.15, 0.2) is 39.1 Å². The molecule has 2 atom stereocenters. The van der Waals surface area contributed by atoms with Gasteiger partial charge in [0.05, 0.1) is 23.6 Å². The second-order valence-electron chi connectivity index (χ2n) is 6.40. The van der Waals surface area contributed by atoms with Crippen LogP contribution in [0, 0.1) is 16.0 Å². The molecule has 0 spiro atoms. The zero-order valence-corrected chi connectivity index (χ0v) is 15.9. The molecule has 0 bridgehead atoms. The lowest BCUT2D eigenvalue weighted by molar-refractivity contribution is -0.385. The van der Waals surface area contributed by atoms with Crippen molar-refractivity contribution in [1.82, 2.24) is 4.90 Å². The third kappa shape index (κ3) is 4.12. The fourth-order valence-electron chi connectivity index (χ4n) is 2.80. The number of benzene rings is 1. The number of nitro benzene ring substituents is 1. The molecule has 2 rings (SSSR count). The van der Waals surface area contributed by atoms with Gasteiger partial charge in [0.25, 0.3) is 5.69 Å². The SMILES string of the molecule is CCN1C=NC(CN=C(C)N)(C(C)C)C1Sc1cccc([N+](=O)[O-])c1. The molecule has 1 aliphatic rings. The van der Waals surface area contributed by atoms with E-state index in [-0.39, 0.29) is 21.9 Å². The van der Waals surface area contributed by atoms with E-state index < -0.39 is 5.54 Å². The lowest BCUT2D eigenvalue weighted by Gasteiger charge is -2.38. The van der Waals surface area contributed by atoms with Crippen molar-refractivity contribution in [2.75, 3.05) is 13.1 Å². The molecule has 0 saturated heterocycles. The standard InChI is InChI=1S/C17H25N5O2S/c1-5-21-11-20-17(12(2)3,10-19-13(4)18)16(21)25-15-8-6-7-14(9-15)22(23)24/h6-9,11-12,16H,5,10H2,1-4H3,(H2,18,19). The Balaban J connectivity index is 2.37. The van der Waals surface area contributed by atoms with E-state index in [4.69, 9.17) is 10.7 Å². The maximum atomic E-state index is 11.1. The fourth-order valence-corrected chi connectivity index (χ4v) is 4.35. The first kappa shape index (κ1) is 19.2. The summed E-state index contributed by atoms with van der Waals surface area (Å²) in [6, 6.07) is 6.72. The average Bonchev–Trinajstić information content (AvgIpc) is 2.92. The van der Waals surface area contributed by atoms with Crippen LogP contribution in [0.4, 0.5) is 5.69 Å². The highest BCUT2D eigenvalue weighted by atomic mass is 32.2. The minimum Gasteiger partial charge on any atom is -0.388 e. The molecule has 1 aliphatic heterocycles. The Hall–Kier alpha value is -2.09. The normalized spacial score (nSPS) is 23.5. The highest BCUT2D eigenvalue weighted by Crippen LogP contribution is 2.43. The molecule has 7 nitrogen and oxygen atoms in total. The third-order valence-corrected chi connectivity index (χ3v) is 5.83. The summed E-state index contributed by atoms with van der Waals surface area (Å²) in [6.07, 6.45) is 1.87. The summed E-state index contributed by atoms with van der Waals surface area (Å²) in [5.41, 5.74) is 5.42. The Morgan fingerprint density at radius 1 is 1.56 bits per heavy atom. The number of nitrogens with two attached hydrogens (primary N) is 1. The van der Waals surface area contributed by atoms with Crippen molar-refractivity contribution in [2.45, 2.75) is 43.5 Å². The minimum atomic E-state index is -0.425. The smallest absolute Gasteiger partial charge is 0.270 e. The average molecular weight is 363 g/mol. The molecule has 0 aliphatic carbocycles. The van der Waals surface area contributed by atoms with Crippen molar-refractivity contribution in [3.05, 3.63) is 34.4 Å². The van der Waals surface area contributed by atoms with Gasteiger partial charge in [0, 0.05) is 23.6 Å². The molecule has 1 aromatic carbocycles. The fraction of sp³-hybridized carbons (Fsp3) is 0.529. The van der Waals surface area contributed by atoms with E-state index >= 15 is 0 Å². The minimum absolute atomic E-state index is 0.00241. The molecule has 136 valence electrons. The van der Waals surface area contributed by atoms with Crippen LogP contribution < -0.4 is 5.73 Å². The quantitative estimate of drug-likeness (QED) is 0.347. The number of likely N-dealkylation sites (N-methyl/N-ethyl adjacent to an activating group) is 1. The van der Waals surface area contributed by atoms with E-state index in [2.05, 4.69) is 30.7 Å². The molecule has 0 saturated carbocycles. The van der Waals surface area contributed by atoms with E-state index in [1.54, 1.807) is 30.8 Å². The Labute approximate surface area is 152 Å². The first-order valence-corrected chi connectivity index (χ1v) is 9.17. The van der Waals surface area contributed by atoms with Gasteiger partial charge in [0.1, 0.15) is 10.9 Å². The van der Waals surface area contributed by atoms with Gasteiger partial charge in [0.2, 0.25) is 0 Å².